The van der Waals surface area contributed by atoms with Gasteiger partial charge in [-0.2, -0.15) is 13.2 Å². The molecule has 1 aliphatic heterocycles. The fraction of sp³-hybridized carbons (Fsp3) is 0.516. The number of halogens is 3. The number of rotatable bonds is 9. The van der Waals surface area contributed by atoms with Gasteiger partial charge in [-0.05, 0) is 91.0 Å². The van der Waals surface area contributed by atoms with E-state index in [0.29, 0.717) is 11.4 Å². The van der Waals surface area contributed by atoms with Crippen molar-refractivity contribution in [3.05, 3.63) is 64.7 Å². The first-order valence-electron chi connectivity index (χ1n) is 14.0. The van der Waals surface area contributed by atoms with E-state index in [4.69, 9.17) is 14.2 Å². The van der Waals surface area contributed by atoms with Crippen LogP contribution in [0.1, 0.15) is 76.9 Å². The number of nitrogens with zero attached hydrogens (tertiary/aromatic N) is 3. The van der Waals surface area contributed by atoms with Crippen molar-refractivity contribution in [2.45, 2.75) is 90.3 Å². The van der Waals surface area contributed by atoms with Crippen LogP contribution in [-0.4, -0.2) is 45.7 Å². The van der Waals surface area contributed by atoms with Crippen LogP contribution in [0.5, 0.6) is 5.75 Å². The smallest absolute Gasteiger partial charge is 0.419 e. The molecule has 1 amide bonds. The fourth-order valence-electron chi connectivity index (χ4n) is 4.93. The number of alkyl halides is 3. The maximum absolute atomic E-state index is 14.0. The Labute approximate surface area is 249 Å². The third kappa shape index (κ3) is 7.42. The van der Waals surface area contributed by atoms with Crippen LogP contribution in [0.2, 0.25) is 0 Å². The van der Waals surface area contributed by atoms with E-state index in [-0.39, 0.29) is 29.5 Å². The van der Waals surface area contributed by atoms with E-state index in [9.17, 15) is 18.0 Å². The molecule has 3 aromatic rings. The summed E-state index contributed by atoms with van der Waals surface area (Å²) >= 11 is 1.11. The number of amides is 1. The van der Waals surface area contributed by atoms with Crippen molar-refractivity contribution < 1.29 is 32.2 Å². The number of carbonyl (C=O) groups is 1. The highest BCUT2D eigenvalue weighted by Crippen LogP contribution is 2.45. The van der Waals surface area contributed by atoms with Crippen LogP contribution < -0.4 is 4.74 Å². The highest BCUT2D eigenvalue weighted by atomic mass is 32.1. The SMILES string of the molecule is CC(C)(C)OC(=O)N1C(C)(C)OC[C@@]1(C)c1nnc(-c2ccc(OCCCCCc3ccccc3)c(C(F)(F)F)c2)s1. The minimum atomic E-state index is -4.62. The van der Waals surface area contributed by atoms with Gasteiger partial charge in [-0.3, -0.25) is 4.90 Å². The second-order valence-electron chi connectivity index (χ2n) is 12.1. The Bertz CT molecular complexity index is 1370. The minimum absolute atomic E-state index is 0.125. The molecule has 1 saturated heterocycles. The van der Waals surface area contributed by atoms with Crippen molar-refractivity contribution >= 4 is 17.4 Å². The molecule has 7 nitrogen and oxygen atoms in total. The molecule has 2 aromatic carbocycles. The molecule has 1 aliphatic rings. The Hall–Kier alpha value is -3.18. The quantitative estimate of drug-likeness (QED) is 0.229. The van der Waals surface area contributed by atoms with Crippen LogP contribution in [0.4, 0.5) is 18.0 Å². The van der Waals surface area contributed by atoms with Crippen molar-refractivity contribution in [1.29, 1.82) is 0 Å². The molecule has 0 radical (unpaired) electrons. The van der Waals surface area contributed by atoms with Crippen molar-refractivity contribution in [3.63, 3.8) is 0 Å². The molecule has 11 heteroatoms. The summed E-state index contributed by atoms with van der Waals surface area (Å²) in [6.45, 7) is 10.9. The average molecular weight is 606 g/mol. The average Bonchev–Trinajstić information content (AvgIpc) is 3.48. The van der Waals surface area contributed by atoms with Gasteiger partial charge in [0, 0.05) is 5.56 Å². The van der Waals surface area contributed by atoms with Crippen LogP contribution in [0.15, 0.2) is 48.5 Å². The maximum atomic E-state index is 14.0. The van der Waals surface area contributed by atoms with E-state index in [1.165, 1.54) is 16.5 Å². The van der Waals surface area contributed by atoms with Crippen LogP contribution in [0.3, 0.4) is 0 Å². The van der Waals surface area contributed by atoms with Gasteiger partial charge in [0.25, 0.3) is 0 Å². The molecule has 0 spiro atoms. The number of ether oxygens (including phenoxy) is 3. The first-order chi connectivity index (χ1) is 19.6. The molecule has 2 heterocycles. The molecule has 0 bridgehead atoms. The largest absolute Gasteiger partial charge is 0.493 e. The summed E-state index contributed by atoms with van der Waals surface area (Å²) in [5.74, 6) is -0.215. The van der Waals surface area contributed by atoms with Crippen LogP contribution >= 0.6 is 11.3 Å². The van der Waals surface area contributed by atoms with E-state index in [1.54, 1.807) is 47.6 Å². The lowest BCUT2D eigenvalue weighted by atomic mass is 10.0. The van der Waals surface area contributed by atoms with Gasteiger partial charge in [-0.1, -0.05) is 41.7 Å². The molecular weight excluding hydrogens is 567 g/mol. The fourth-order valence-corrected chi connectivity index (χ4v) is 5.89. The standard InChI is InChI=1S/C31H38F3N3O4S/c1-28(2,3)41-27(38)37-29(4,5)40-20-30(37,6)26-36-35-25(42-26)22-16-17-24(23(19-22)31(32,33)34)39-18-12-8-11-15-21-13-9-7-10-14-21/h7,9-10,13-14,16-17,19H,8,11-12,15,18,20H2,1-6H3/t30-/m0/s1. The lowest BCUT2D eigenvalue weighted by molar-refractivity contribution is -0.138. The van der Waals surface area contributed by atoms with Crippen LogP contribution in [0, 0.1) is 0 Å². The third-order valence-electron chi connectivity index (χ3n) is 6.94. The van der Waals surface area contributed by atoms with Crippen molar-refractivity contribution in [3.8, 4) is 16.3 Å². The number of hydrogen-bond acceptors (Lipinski definition) is 7. The predicted octanol–water partition coefficient (Wildman–Crippen LogP) is 8.23. The first-order valence-corrected chi connectivity index (χ1v) is 14.8. The van der Waals surface area contributed by atoms with E-state index < -0.39 is 34.7 Å². The molecular formula is C31H38F3N3O4S. The summed E-state index contributed by atoms with van der Waals surface area (Å²) in [5, 5.41) is 9.19. The Balaban J connectivity index is 1.48. The van der Waals surface area contributed by atoms with Crippen LogP contribution in [0.25, 0.3) is 10.6 Å². The summed E-state index contributed by atoms with van der Waals surface area (Å²) in [6, 6.07) is 14.0. The van der Waals surface area contributed by atoms with Gasteiger partial charge < -0.3 is 14.2 Å². The summed E-state index contributed by atoms with van der Waals surface area (Å²) in [5.41, 5.74) is -2.13. The zero-order chi connectivity index (χ0) is 30.8. The third-order valence-corrected chi connectivity index (χ3v) is 8.17. The van der Waals surface area contributed by atoms with Crippen molar-refractivity contribution in [2.75, 3.05) is 13.2 Å². The Kier molecular flexibility index (Phi) is 9.22. The van der Waals surface area contributed by atoms with E-state index in [0.717, 1.165) is 36.7 Å². The number of hydrogen-bond donors (Lipinski definition) is 0. The minimum Gasteiger partial charge on any atom is -0.493 e. The van der Waals surface area contributed by atoms with Crippen LogP contribution in [-0.2, 0) is 27.6 Å². The number of carbonyl (C=O) groups excluding carboxylic acids is 1. The zero-order valence-electron chi connectivity index (χ0n) is 24.9. The topological polar surface area (TPSA) is 73.8 Å². The van der Waals surface area contributed by atoms with Crippen molar-refractivity contribution in [1.82, 2.24) is 15.1 Å². The summed E-state index contributed by atoms with van der Waals surface area (Å²) in [7, 11) is 0. The van der Waals surface area contributed by atoms with Gasteiger partial charge in [0.1, 0.15) is 32.6 Å². The lowest BCUT2D eigenvalue weighted by Gasteiger charge is -2.39. The van der Waals surface area contributed by atoms with Gasteiger partial charge >= 0.3 is 12.3 Å². The Morgan fingerprint density at radius 2 is 1.74 bits per heavy atom. The summed E-state index contributed by atoms with van der Waals surface area (Å²) in [4.78, 5) is 14.7. The predicted molar refractivity (Wildman–Crippen MR) is 155 cm³/mol. The molecule has 228 valence electrons. The summed E-state index contributed by atoms with van der Waals surface area (Å²) < 4.78 is 59.3. The molecule has 1 fully saturated rings. The lowest BCUT2D eigenvalue weighted by Crippen LogP contribution is -2.54. The molecule has 0 aliphatic carbocycles. The molecule has 42 heavy (non-hydrogen) atoms. The number of aryl methyl sites for hydroxylation is 1. The van der Waals surface area contributed by atoms with Crippen molar-refractivity contribution in [2.24, 2.45) is 0 Å². The second-order valence-corrected chi connectivity index (χ2v) is 13.1. The highest BCUT2D eigenvalue weighted by Gasteiger charge is 2.55. The molecule has 0 N–H and O–H groups in total. The molecule has 1 aromatic heterocycles. The second kappa shape index (κ2) is 12.2. The Morgan fingerprint density at radius 3 is 2.40 bits per heavy atom. The molecule has 0 unspecified atom stereocenters. The summed E-state index contributed by atoms with van der Waals surface area (Å²) in [6.07, 6.45) is -1.84. The number of benzene rings is 2. The zero-order valence-corrected chi connectivity index (χ0v) is 25.7. The number of unbranched alkanes of at least 4 members (excludes halogenated alkanes) is 2. The van der Waals surface area contributed by atoms with Gasteiger partial charge in [0.05, 0.1) is 18.8 Å². The highest BCUT2D eigenvalue weighted by molar-refractivity contribution is 7.14. The van der Waals surface area contributed by atoms with Gasteiger partial charge in [-0.15, -0.1) is 10.2 Å². The van der Waals surface area contributed by atoms with Gasteiger partial charge in [0.15, 0.2) is 0 Å². The normalized spacial score (nSPS) is 18.7. The number of aromatic nitrogens is 2. The Morgan fingerprint density at radius 1 is 1.02 bits per heavy atom. The first kappa shape index (κ1) is 31.7. The van der Waals surface area contributed by atoms with E-state index in [1.807, 2.05) is 18.2 Å². The van der Waals surface area contributed by atoms with Gasteiger partial charge in [0.2, 0.25) is 0 Å². The monoisotopic (exact) mass is 605 g/mol. The molecule has 1 atom stereocenters. The molecule has 0 saturated carbocycles. The van der Waals surface area contributed by atoms with Gasteiger partial charge in [-0.25, -0.2) is 4.79 Å². The molecule has 4 rings (SSSR count). The van der Waals surface area contributed by atoms with E-state index >= 15 is 0 Å². The maximum Gasteiger partial charge on any atom is 0.419 e. The van der Waals surface area contributed by atoms with E-state index in [2.05, 4.69) is 22.3 Å².